The summed E-state index contributed by atoms with van der Waals surface area (Å²) in [6.07, 6.45) is -0.0386. The number of rotatable bonds is 6. The fraction of sp³-hybridized carbons (Fsp3) is 0.176. The molecule has 0 bridgehead atoms. The minimum Gasteiger partial charge on any atom is -0.508 e. The van der Waals surface area contributed by atoms with Crippen LogP contribution in [0.3, 0.4) is 0 Å². The molecule has 0 aromatic heterocycles. The van der Waals surface area contributed by atoms with Crippen LogP contribution in [0, 0.1) is 5.92 Å². The molecule has 0 aliphatic carbocycles. The first-order valence-corrected chi connectivity index (χ1v) is 7.62. The van der Waals surface area contributed by atoms with Crippen LogP contribution in [0.25, 0.3) is 0 Å². The Kier molecular flexibility index (Phi) is 5.64. The summed E-state index contributed by atoms with van der Waals surface area (Å²) in [4.78, 5) is 23.8. The van der Waals surface area contributed by atoms with Gasteiger partial charge in [0, 0.05) is 6.42 Å². The van der Waals surface area contributed by atoms with E-state index in [-0.39, 0.29) is 34.2 Å². The third kappa shape index (κ3) is 4.47. The first kappa shape index (κ1) is 17.3. The van der Waals surface area contributed by atoms with Gasteiger partial charge in [0.1, 0.15) is 5.75 Å². The molecule has 0 saturated heterocycles. The molecule has 1 atom stereocenters. The molecular formula is C17H14Cl2O4. The van der Waals surface area contributed by atoms with Crippen molar-refractivity contribution in [1.82, 2.24) is 0 Å². The maximum atomic E-state index is 12.4. The summed E-state index contributed by atoms with van der Waals surface area (Å²) in [7, 11) is 0. The summed E-state index contributed by atoms with van der Waals surface area (Å²) in [6, 6.07) is 10.9. The molecule has 2 aromatic carbocycles. The smallest absolute Gasteiger partial charge is 0.307 e. The fourth-order valence-electron chi connectivity index (χ4n) is 2.25. The lowest BCUT2D eigenvalue weighted by atomic mass is 9.92. The number of carboxylic acids is 1. The van der Waals surface area contributed by atoms with Gasteiger partial charge in [-0.15, -0.1) is 0 Å². The lowest BCUT2D eigenvalue weighted by Crippen LogP contribution is -2.20. The summed E-state index contributed by atoms with van der Waals surface area (Å²) in [5, 5.41) is 19.0. The number of hydrogen-bond acceptors (Lipinski definition) is 3. The van der Waals surface area contributed by atoms with Crippen LogP contribution >= 0.6 is 23.2 Å². The molecule has 0 fully saturated rings. The summed E-state index contributed by atoms with van der Waals surface area (Å²) >= 11 is 12.0. The minimum absolute atomic E-state index is 0.0968. The van der Waals surface area contributed by atoms with Gasteiger partial charge in [-0.2, -0.15) is 0 Å². The van der Waals surface area contributed by atoms with E-state index in [9.17, 15) is 19.8 Å². The van der Waals surface area contributed by atoms with E-state index in [4.69, 9.17) is 23.2 Å². The highest BCUT2D eigenvalue weighted by atomic mass is 35.5. The van der Waals surface area contributed by atoms with Crippen LogP contribution in [0.5, 0.6) is 5.75 Å². The molecule has 0 spiro atoms. The number of carboxylic acid groups (broad SMARTS) is 1. The van der Waals surface area contributed by atoms with Gasteiger partial charge in [-0.05, 0) is 36.2 Å². The van der Waals surface area contributed by atoms with Crippen LogP contribution < -0.4 is 0 Å². The van der Waals surface area contributed by atoms with Crippen LogP contribution in [0.1, 0.15) is 22.3 Å². The second-order valence-electron chi connectivity index (χ2n) is 5.13. The molecule has 2 aromatic rings. The Balaban J connectivity index is 2.18. The predicted molar refractivity (Wildman–Crippen MR) is 88.3 cm³/mol. The number of phenols is 1. The number of carbonyl (C=O) groups is 2. The van der Waals surface area contributed by atoms with Gasteiger partial charge in [0.2, 0.25) is 0 Å². The number of carbonyl (C=O) groups excluding carboxylic acids is 1. The second-order valence-corrected chi connectivity index (χ2v) is 5.94. The summed E-state index contributed by atoms with van der Waals surface area (Å²) < 4.78 is 0. The van der Waals surface area contributed by atoms with Gasteiger partial charge in [-0.25, -0.2) is 0 Å². The quantitative estimate of drug-likeness (QED) is 0.763. The van der Waals surface area contributed by atoms with Gasteiger partial charge in [0.25, 0.3) is 0 Å². The Labute approximate surface area is 143 Å². The maximum absolute atomic E-state index is 12.4. The third-order valence-corrected chi connectivity index (χ3v) is 4.07. The third-order valence-electron chi connectivity index (χ3n) is 3.44. The molecule has 0 heterocycles. The molecular weight excluding hydrogens is 339 g/mol. The molecule has 6 heteroatoms. The van der Waals surface area contributed by atoms with Crippen molar-refractivity contribution in [2.24, 2.45) is 5.92 Å². The average Bonchev–Trinajstić information content (AvgIpc) is 2.48. The number of Topliss-reactive ketones (excluding diaryl/α,β-unsaturated/α-hetero) is 1. The number of phenolic OH excluding ortho intramolecular Hbond substituents is 1. The van der Waals surface area contributed by atoms with Crippen LogP contribution in [0.4, 0.5) is 0 Å². The van der Waals surface area contributed by atoms with Gasteiger partial charge in [-0.1, -0.05) is 41.4 Å². The van der Waals surface area contributed by atoms with E-state index < -0.39 is 17.7 Å². The topological polar surface area (TPSA) is 74.6 Å². The van der Waals surface area contributed by atoms with E-state index >= 15 is 0 Å². The van der Waals surface area contributed by atoms with Gasteiger partial charge in [0.05, 0.1) is 21.5 Å². The van der Waals surface area contributed by atoms with Crippen molar-refractivity contribution in [3.05, 3.63) is 63.6 Å². The maximum Gasteiger partial charge on any atom is 0.307 e. The summed E-state index contributed by atoms with van der Waals surface area (Å²) in [6.45, 7) is 0. The number of ketones is 1. The van der Waals surface area contributed by atoms with E-state index in [1.54, 1.807) is 18.2 Å². The molecule has 2 rings (SSSR count). The fourth-order valence-corrected chi connectivity index (χ4v) is 2.86. The standard InChI is InChI=1S/C17H14Cl2O4/c18-13-2-1-3-14(19)16(13)15(21)9-11(17(22)23)8-10-4-6-12(20)7-5-10/h1-7,11,20H,8-9H2,(H,22,23)/t11-/m1/s1. The van der Waals surface area contributed by atoms with Crippen LogP contribution in [0.2, 0.25) is 10.0 Å². The van der Waals surface area contributed by atoms with Crippen molar-refractivity contribution in [2.45, 2.75) is 12.8 Å². The highest BCUT2D eigenvalue weighted by Crippen LogP contribution is 2.27. The Morgan fingerprint density at radius 3 is 2.09 bits per heavy atom. The first-order chi connectivity index (χ1) is 10.9. The van der Waals surface area contributed by atoms with Gasteiger partial charge in [-0.3, -0.25) is 9.59 Å². The molecule has 0 aliphatic heterocycles. The van der Waals surface area contributed by atoms with Crippen molar-refractivity contribution < 1.29 is 19.8 Å². The van der Waals surface area contributed by atoms with E-state index in [0.29, 0.717) is 5.56 Å². The molecule has 0 unspecified atom stereocenters. The Morgan fingerprint density at radius 1 is 1.00 bits per heavy atom. The molecule has 2 N–H and O–H groups in total. The normalized spacial score (nSPS) is 11.9. The molecule has 120 valence electrons. The van der Waals surface area contributed by atoms with Crippen LogP contribution in [0.15, 0.2) is 42.5 Å². The minimum atomic E-state index is -1.07. The zero-order valence-electron chi connectivity index (χ0n) is 12.0. The van der Waals surface area contributed by atoms with E-state index in [2.05, 4.69) is 0 Å². The number of aliphatic carboxylic acids is 1. The summed E-state index contributed by atoms with van der Waals surface area (Å²) in [5.41, 5.74) is 0.862. The van der Waals surface area contributed by atoms with Crippen molar-refractivity contribution in [2.75, 3.05) is 0 Å². The van der Waals surface area contributed by atoms with E-state index in [0.717, 1.165) is 0 Å². The van der Waals surface area contributed by atoms with E-state index in [1.165, 1.54) is 24.3 Å². The monoisotopic (exact) mass is 352 g/mol. The number of halogens is 2. The zero-order chi connectivity index (χ0) is 17.0. The molecule has 23 heavy (non-hydrogen) atoms. The van der Waals surface area contributed by atoms with Gasteiger partial charge < -0.3 is 10.2 Å². The molecule has 0 radical (unpaired) electrons. The number of benzene rings is 2. The molecule has 0 amide bonds. The highest BCUT2D eigenvalue weighted by molar-refractivity contribution is 6.39. The van der Waals surface area contributed by atoms with Gasteiger partial charge in [0.15, 0.2) is 5.78 Å². The SMILES string of the molecule is O=C(C[C@@H](Cc1ccc(O)cc1)C(=O)O)c1c(Cl)cccc1Cl. The van der Waals surface area contributed by atoms with Crippen molar-refractivity contribution >= 4 is 35.0 Å². The Hall–Kier alpha value is -2.04. The molecule has 0 aliphatic rings. The molecule has 4 nitrogen and oxygen atoms in total. The predicted octanol–water partition coefficient (Wildman–Crippen LogP) is 4.22. The van der Waals surface area contributed by atoms with Crippen molar-refractivity contribution in [3.8, 4) is 5.75 Å². The lowest BCUT2D eigenvalue weighted by Gasteiger charge is -2.13. The number of aromatic hydroxyl groups is 1. The highest BCUT2D eigenvalue weighted by Gasteiger charge is 2.24. The number of hydrogen-bond donors (Lipinski definition) is 2. The van der Waals surface area contributed by atoms with Crippen LogP contribution in [-0.2, 0) is 11.2 Å². The van der Waals surface area contributed by atoms with Gasteiger partial charge >= 0.3 is 5.97 Å². The zero-order valence-corrected chi connectivity index (χ0v) is 13.5. The van der Waals surface area contributed by atoms with Crippen molar-refractivity contribution in [1.29, 1.82) is 0 Å². The Morgan fingerprint density at radius 2 is 1.57 bits per heavy atom. The molecule has 0 saturated carbocycles. The van der Waals surface area contributed by atoms with E-state index in [1.807, 2.05) is 0 Å². The lowest BCUT2D eigenvalue weighted by molar-refractivity contribution is -0.141. The second kappa shape index (κ2) is 7.49. The largest absolute Gasteiger partial charge is 0.508 e. The Bertz CT molecular complexity index is 706. The van der Waals surface area contributed by atoms with Crippen molar-refractivity contribution in [3.63, 3.8) is 0 Å². The first-order valence-electron chi connectivity index (χ1n) is 6.86. The average molecular weight is 353 g/mol. The van der Waals surface area contributed by atoms with Crippen LogP contribution in [-0.4, -0.2) is 22.0 Å². The summed E-state index contributed by atoms with van der Waals surface area (Å²) in [5.74, 6) is -2.29.